The third kappa shape index (κ3) is 5.94. The van der Waals surface area contributed by atoms with E-state index in [1.54, 1.807) is 19.2 Å². The second kappa shape index (κ2) is 10.3. The van der Waals surface area contributed by atoms with Gasteiger partial charge in [-0.3, -0.25) is 14.4 Å². The maximum Gasteiger partial charge on any atom is 0.251 e. The highest BCUT2D eigenvalue weighted by atomic mass is 16.2. The summed E-state index contributed by atoms with van der Waals surface area (Å²) in [5.74, 6) is -0.660. The fraction of sp³-hybridized carbons (Fsp3) is 0.318. The molecule has 0 aliphatic rings. The number of anilines is 1. The van der Waals surface area contributed by atoms with Crippen LogP contribution in [0.3, 0.4) is 0 Å². The van der Waals surface area contributed by atoms with Gasteiger partial charge in [-0.15, -0.1) is 0 Å². The van der Waals surface area contributed by atoms with Crippen LogP contribution in [0.2, 0.25) is 0 Å². The predicted octanol–water partition coefficient (Wildman–Crippen LogP) is 2.77. The first kappa shape index (κ1) is 21.2. The molecule has 148 valence electrons. The summed E-state index contributed by atoms with van der Waals surface area (Å²) in [6.07, 6.45) is 0.943. The van der Waals surface area contributed by atoms with E-state index in [0.29, 0.717) is 5.56 Å². The van der Waals surface area contributed by atoms with Crippen LogP contribution in [0.15, 0.2) is 48.5 Å². The summed E-state index contributed by atoms with van der Waals surface area (Å²) >= 11 is 0. The minimum absolute atomic E-state index is 0.0391. The van der Waals surface area contributed by atoms with E-state index in [2.05, 4.69) is 10.6 Å². The zero-order chi connectivity index (χ0) is 20.5. The van der Waals surface area contributed by atoms with Gasteiger partial charge in [-0.2, -0.15) is 0 Å². The molecular formula is C22H27N3O3. The average Bonchev–Trinajstić information content (AvgIpc) is 2.68. The first-order chi connectivity index (χ1) is 13.4. The Morgan fingerprint density at radius 1 is 1.00 bits per heavy atom. The molecule has 28 heavy (non-hydrogen) atoms. The number of hydrogen-bond donors (Lipinski definition) is 2. The van der Waals surface area contributed by atoms with Crippen molar-refractivity contribution in [3.8, 4) is 0 Å². The molecule has 6 heteroatoms. The molecule has 0 aliphatic heterocycles. The fourth-order valence-corrected chi connectivity index (χ4v) is 2.84. The van der Waals surface area contributed by atoms with Gasteiger partial charge in [0.15, 0.2) is 0 Å². The van der Waals surface area contributed by atoms with E-state index in [-0.39, 0.29) is 37.2 Å². The van der Waals surface area contributed by atoms with E-state index in [1.165, 1.54) is 4.90 Å². The normalized spacial score (nSPS) is 10.2. The number of amides is 3. The number of aryl methyl sites for hydroxylation is 2. The third-order valence-corrected chi connectivity index (χ3v) is 4.49. The van der Waals surface area contributed by atoms with Crippen molar-refractivity contribution in [2.24, 2.45) is 0 Å². The summed E-state index contributed by atoms with van der Waals surface area (Å²) < 4.78 is 0. The Kier molecular flexibility index (Phi) is 7.75. The van der Waals surface area contributed by atoms with Crippen LogP contribution >= 0.6 is 0 Å². The van der Waals surface area contributed by atoms with Crippen molar-refractivity contribution >= 4 is 23.4 Å². The summed E-state index contributed by atoms with van der Waals surface area (Å²) in [5.41, 5.74) is 3.29. The Bertz CT molecular complexity index is 848. The molecule has 6 nitrogen and oxygen atoms in total. The molecule has 3 amide bonds. The van der Waals surface area contributed by atoms with Gasteiger partial charge in [-0.1, -0.05) is 43.3 Å². The lowest BCUT2D eigenvalue weighted by Gasteiger charge is -2.18. The van der Waals surface area contributed by atoms with Crippen molar-refractivity contribution in [2.45, 2.75) is 26.7 Å². The van der Waals surface area contributed by atoms with Gasteiger partial charge in [-0.25, -0.2) is 0 Å². The smallest absolute Gasteiger partial charge is 0.251 e. The molecule has 2 aromatic rings. The summed E-state index contributed by atoms with van der Waals surface area (Å²) in [6, 6.07) is 14.9. The maximum atomic E-state index is 12.2. The molecule has 0 aliphatic carbocycles. The van der Waals surface area contributed by atoms with Crippen molar-refractivity contribution in [1.29, 1.82) is 0 Å². The van der Waals surface area contributed by atoms with Gasteiger partial charge in [0, 0.05) is 31.3 Å². The molecule has 0 heterocycles. The second-order valence-corrected chi connectivity index (χ2v) is 6.63. The SMILES string of the molecule is CCc1ccccc1NC(=O)CN(C)C(=O)CCNC(=O)c1ccccc1C. The van der Waals surface area contributed by atoms with Crippen LogP contribution in [0.1, 0.15) is 34.8 Å². The lowest BCUT2D eigenvalue weighted by atomic mass is 10.1. The number of carbonyl (C=O) groups is 3. The molecule has 0 saturated heterocycles. The van der Waals surface area contributed by atoms with Crippen LogP contribution in [0, 0.1) is 6.92 Å². The lowest BCUT2D eigenvalue weighted by Crippen LogP contribution is -2.37. The van der Waals surface area contributed by atoms with Gasteiger partial charge in [0.05, 0.1) is 6.54 Å². The zero-order valence-electron chi connectivity index (χ0n) is 16.6. The largest absolute Gasteiger partial charge is 0.352 e. The second-order valence-electron chi connectivity index (χ2n) is 6.63. The number of likely N-dealkylation sites (N-methyl/N-ethyl adjacent to an activating group) is 1. The number of rotatable bonds is 8. The topological polar surface area (TPSA) is 78.5 Å². The van der Waals surface area contributed by atoms with Gasteiger partial charge in [0.1, 0.15) is 0 Å². The van der Waals surface area contributed by atoms with Crippen molar-refractivity contribution in [2.75, 3.05) is 25.5 Å². The van der Waals surface area contributed by atoms with Crippen molar-refractivity contribution < 1.29 is 14.4 Å². The predicted molar refractivity (Wildman–Crippen MR) is 110 cm³/mol. The first-order valence-corrected chi connectivity index (χ1v) is 9.38. The molecule has 0 fully saturated rings. The summed E-state index contributed by atoms with van der Waals surface area (Å²) in [6.45, 7) is 4.06. The maximum absolute atomic E-state index is 12.2. The summed E-state index contributed by atoms with van der Waals surface area (Å²) in [7, 11) is 1.58. The third-order valence-electron chi connectivity index (χ3n) is 4.49. The highest BCUT2D eigenvalue weighted by Gasteiger charge is 2.15. The van der Waals surface area contributed by atoms with E-state index in [9.17, 15) is 14.4 Å². The number of para-hydroxylation sites is 1. The highest BCUT2D eigenvalue weighted by molar-refractivity contribution is 5.96. The van der Waals surface area contributed by atoms with Gasteiger partial charge in [0.25, 0.3) is 5.91 Å². The molecule has 0 radical (unpaired) electrons. The Labute approximate surface area is 165 Å². The monoisotopic (exact) mass is 381 g/mol. The molecular weight excluding hydrogens is 354 g/mol. The van der Waals surface area contributed by atoms with Gasteiger partial charge < -0.3 is 15.5 Å². The van der Waals surface area contributed by atoms with Crippen molar-refractivity contribution in [3.63, 3.8) is 0 Å². The Hall–Kier alpha value is -3.15. The molecule has 2 aromatic carbocycles. The van der Waals surface area contributed by atoms with E-state index in [1.807, 2.05) is 50.2 Å². The number of hydrogen-bond acceptors (Lipinski definition) is 3. The van der Waals surface area contributed by atoms with Crippen LogP contribution in [-0.4, -0.2) is 42.8 Å². The number of benzene rings is 2. The Morgan fingerprint density at radius 3 is 2.39 bits per heavy atom. The minimum Gasteiger partial charge on any atom is -0.352 e. The molecule has 0 spiro atoms. The molecule has 0 atom stereocenters. The summed E-state index contributed by atoms with van der Waals surface area (Å²) in [4.78, 5) is 38.0. The Balaban J connectivity index is 1.78. The summed E-state index contributed by atoms with van der Waals surface area (Å²) in [5, 5.41) is 5.59. The molecule has 2 N–H and O–H groups in total. The molecule has 2 rings (SSSR count). The Morgan fingerprint density at radius 2 is 1.68 bits per heavy atom. The molecule has 0 saturated carbocycles. The average molecular weight is 381 g/mol. The van der Waals surface area contributed by atoms with Crippen molar-refractivity contribution in [1.82, 2.24) is 10.2 Å². The van der Waals surface area contributed by atoms with Crippen LogP contribution in [0.4, 0.5) is 5.69 Å². The van der Waals surface area contributed by atoms with E-state index in [0.717, 1.165) is 23.2 Å². The number of carbonyl (C=O) groups excluding carboxylic acids is 3. The molecule has 0 aromatic heterocycles. The molecule has 0 unspecified atom stereocenters. The van der Waals surface area contributed by atoms with E-state index >= 15 is 0 Å². The zero-order valence-corrected chi connectivity index (χ0v) is 16.6. The van der Waals surface area contributed by atoms with Crippen LogP contribution in [0.25, 0.3) is 0 Å². The standard InChI is InChI=1S/C22H27N3O3/c1-4-17-10-6-8-12-19(17)24-20(26)15-25(3)21(27)13-14-23-22(28)18-11-7-5-9-16(18)2/h5-12H,4,13-15H2,1-3H3,(H,23,28)(H,24,26). The number of nitrogens with zero attached hydrogens (tertiary/aromatic N) is 1. The quantitative estimate of drug-likeness (QED) is 0.738. The van der Waals surface area contributed by atoms with E-state index < -0.39 is 0 Å². The lowest BCUT2D eigenvalue weighted by molar-refractivity contribution is -0.133. The number of nitrogens with one attached hydrogen (secondary N) is 2. The molecule has 0 bridgehead atoms. The van der Waals surface area contributed by atoms with Crippen molar-refractivity contribution in [3.05, 3.63) is 65.2 Å². The van der Waals surface area contributed by atoms with Crippen LogP contribution in [-0.2, 0) is 16.0 Å². The van der Waals surface area contributed by atoms with Crippen LogP contribution < -0.4 is 10.6 Å². The van der Waals surface area contributed by atoms with Crippen LogP contribution in [0.5, 0.6) is 0 Å². The first-order valence-electron chi connectivity index (χ1n) is 9.38. The van der Waals surface area contributed by atoms with Gasteiger partial charge in [0.2, 0.25) is 11.8 Å². The fourth-order valence-electron chi connectivity index (χ4n) is 2.84. The van der Waals surface area contributed by atoms with E-state index in [4.69, 9.17) is 0 Å². The highest BCUT2D eigenvalue weighted by Crippen LogP contribution is 2.15. The van der Waals surface area contributed by atoms with Gasteiger partial charge >= 0.3 is 0 Å². The minimum atomic E-state index is -0.249. The van der Waals surface area contributed by atoms with Gasteiger partial charge in [-0.05, 0) is 36.6 Å².